The Kier molecular flexibility index (Phi) is 3.22. The Morgan fingerprint density at radius 1 is 1.57 bits per heavy atom. The highest BCUT2D eigenvalue weighted by Crippen LogP contribution is 2.08. The maximum Gasteiger partial charge on any atom is 0.0246 e. The largest absolute Gasteiger partial charge is 0.367 e. The highest BCUT2D eigenvalue weighted by molar-refractivity contribution is 5.07. The summed E-state index contributed by atoms with van der Waals surface area (Å²) in [5, 5.41) is 3.52. The number of H-pyrrole nitrogens is 1. The van der Waals surface area contributed by atoms with E-state index in [4.69, 9.17) is 0 Å². The standard InChI is InChI=1S/C11H19N3/c1-14(8-10-4-6-12-7-10)9-11-3-2-5-13-11/h4,6-7,11-13H,2-3,5,8-9H2,1H3. The van der Waals surface area contributed by atoms with Gasteiger partial charge in [-0.2, -0.15) is 0 Å². The van der Waals surface area contributed by atoms with Crippen molar-refractivity contribution >= 4 is 0 Å². The molecule has 1 aliphatic rings. The first-order valence-corrected chi connectivity index (χ1v) is 5.38. The SMILES string of the molecule is CN(Cc1cc[nH]c1)CC1CCCN1. The van der Waals surface area contributed by atoms with Gasteiger partial charge in [0.1, 0.15) is 0 Å². The number of rotatable bonds is 4. The zero-order valence-electron chi connectivity index (χ0n) is 8.79. The van der Waals surface area contributed by atoms with Crippen molar-refractivity contribution in [2.75, 3.05) is 20.1 Å². The first-order chi connectivity index (χ1) is 6.84. The average molecular weight is 193 g/mol. The smallest absolute Gasteiger partial charge is 0.0246 e. The monoisotopic (exact) mass is 193 g/mol. The van der Waals surface area contributed by atoms with E-state index >= 15 is 0 Å². The fraction of sp³-hybridized carbons (Fsp3) is 0.636. The molecule has 1 atom stereocenters. The van der Waals surface area contributed by atoms with Gasteiger partial charge in [-0.15, -0.1) is 0 Å². The lowest BCUT2D eigenvalue weighted by atomic mass is 10.2. The molecule has 1 unspecified atom stereocenters. The van der Waals surface area contributed by atoms with E-state index in [0.717, 1.165) is 13.1 Å². The number of aromatic nitrogens is 1. The molecule has 1 aliphatic heterocycles. The van der Waals surface area contributed by atoms with Crippen LogP contribution in [0.3, 0.4) is 0 Å². The molecule has 2 rings (SSSR count). The average Bonchev–Trinajstić information content (AvgIpc) is 2.76. The highest BCUT2D eigenvalue weighted by atomic mass is 15.1. The number of nitrogens with one attached hydrogen (secondary N) is 2. The van der Waals surface area contributed by atoms with Crippen LogP contribution in [0.25, 0.3) is 0 Å². The van der Waals surface area contributed by atoms with Crippen LogP contribution in [0.4, 0.5) is 0 Å². The Bertz CT molecular complexity index is 250. The topological polar surface area (TPSA) is 31.1 Å². The van der Waals surface area contributed by atoms with E-state index in [9.17, 15) is 0 Å². The normalized spacial score (nSPS) is 22.0. The van der Waals surface area contributed by atoms with Gasteiger partial charge in [-0.05, 0) is 38.1 Å². The second kappa shape index (κ2) is 4.62. The Morgan fingerprint density at radius 2 is 2.50 bits per heavy atom. The van der Waals surface area contributed by atoms with E-state index < -0.39 is 0 Å². The molecule has 3 heteroatoms. The Balaban J connectivity index is 1.75. The third-order valence-electron chi connectivity index (χ3n) is 2.81. The van der Waals surface area contributed by atoms with E-state index in [-0.39, 0.29) is 0 Å². The summed E-state index contributed by atoms with van der Waals surface area (Å²) >= 11 is 0. The lowest BCUT2D eigenvalue weighted by Crippen LogP contribution is -2.34. The van der Waals surface area contributed by atoms with Crippen molar-refractivity contribution in [3.8, 4) is 0 Å². The van der Waals surface area contributed by atoms with Crippen molar-refractivity contribution in [1.82, 2.24) is 15.2 Å². The zero-order valence-corrected chi connectivity index (χ0v) is 8.79. The van der Waals surface area contributed by atoms with Crippen molar-refractivity contribution in [3.05, 3.63) is 24.0 Å². The third-order valence-corrected chi connectivity index (χ3v) is 2.81. The molecule has 2 N–H and O–H groups in total. The lowest BCUT2D eigenvalue weighted by molar-refractivity contribution is 0.293. The first-order valence-electron chi connectivity index (χ1n) is 5.38. The van der Waals surface area contributed by atoms with Crippen LogP contribution in [0.1, 0.15) is 18.4 Å². The van der Waals surface area contributed by atoms with Gasteiger partial charge in [-0.3, -0.25) is 0 Å². The van der Waals surface area contributed by atoms with Gasteiger partial charge in [0.2, 0.25) is 0 Å². The summed E-state index contributed by atoms with van der Waals surface area (Å²) in [6.07, 6.45) is 6.72. The minimum absolute atomic E-state index is 0.707. The van der Waals surface area contributed by atoms with Gasteiger partial charge in [0.15, 0.2) is 0 Å². The lowest BCUT2D eigenvalue weighted by Gasteiger charge is -2.20. The summed E-state index contributed by atoms with van der Waals surface area (Å²) in [5.74, 6) is 0. The Morgan fingerprint density at radius 3 is 3.14 bits per heavy atom. The molecule has 14 heavy (non-hydrogen) atoms. The fourth-order valence-corrected chi connectivity index (χ4v) is 2.12. The molecular weight excluding hydrogens is 174 g/mol. The summed E-state index contributed by atoms with van der Waals surface area (Å²) in [6.45, 7) is 3.40. The van der Waals surface area contributed by atoms with Gasteiger partial charge < -0.3 is 15.2 Å². The summed E-state index contributed by atoms with van der Waals surface area (Å²) in [5.41, 5.74) is 1.37. The zero-order chi connectivity index (χ0) is 9.80. The predicted molar refractivity (Wildman–Crippen MR) is 58.2 cm³/mol. The van der Waals surface area contributed by atoms with E-state index in [0.29, 0.717) is 6.04 Å². The van der Waals surface area contributed by atoms with Crippen molar-refractivity contribution in [1.29, 1.82) is 0 Å². The first kappa shape index (κ1) is 9.74. The molecular formula is C11H19N3. The minimum Gasteiger partial charge on any atom is -0.367 e. The van der Waals surface area contributed by atoms with Crippen LogP contribution in [0.15, 0.2) is 18.5 Å². The molecule has 1 aromatic rings. The maximum atomic E-state index is 3.52. The minimum atomic E-state index is 0.707. The second-order valence-corrected chi connectivity index (χ2v) is 4.21. The van der Waals surface area contributed by atoms with Crippen LogP contribution in [-0.2, 0) is 6.54 Å². The quantitative estimate of drug-likeness (QED) is 0.753. The van der Waals surface area contributed by atoms with E-state index in [1.807, 2.05) is 6.20 Å². The molecule has 0 spiro atoms. The van der Waals surface area contributed by atoms with Crippen LogP contribution in [-0.4, -0.2) is 36.1 Å². The number of nitrogens with zero attached hydrogens (tertiary/aromatic N) is 1. The van der Waals surface area contributed by atoms with Crippen molar-refractivity contribution in [3.63, 3.8) is 0 Å². The Labute approximate surface area is 85.5 Å². The molecule has 2 heterocycles. The van der Waals surface area contributed by atoms with E-state index in [1.54, 1.807) is 0 Å². The van der Waals surface area contributed by atoms with Crippen LogP contribution in [0.2, 0.25) is 0 Å². The second-order valence-electron chi connectivity index (χ2n) is 4.21. The van der Waals surface area contributed by atoms with Gasteiger partial charge in [0, 0.05) is 31.5 Å². The van der Waals surface area contributed by atoms with Gasteiger partial charge in [-0.1, -0.05) is 0 Å². The van der Waals surface area contributed by atoms with E-state index in [2.05, 4.69) is 34.5 Å². The molecule has 0 radical (unpaired) electrons. The van der Waals surface area contributed by atoms with Crippen molar-refractivity contribution < 1.29 is 0 Å². The van der Waals surface area contributed by atoms with Crippen molar-refractivity contribution in [2.45, 2.75) is 25.4 Å². The Hall–Kier alpha value is -0.800. The summed E-state index contributed by atoms with van der Waals surface area (Å²) < 4.78 is 0. The highest BCUT2D eigenvalue weighted by Gasteiger charge is 2.15. The fourth-order valence-electron chi connectivity index (χ4n) is 2.12. The number of hydrogen-bond donors (Lipinski definition) is 2. The molecule has 3 nitrogen and oxygen atoms in total. The van der Waals surface area contributed by atoms with Crippen molar-refractivity contribution in [2.24, 2.45) is 0 Å². The molecule has 0 bridgehead atoms. The van der Waals surface area contributed by atoms with Gasteiger partial charge in [0.05, 0.1) is 0 Å². The van der Waals surface area contributed by atoms with Crippen LogP contribution < -0.4 is 5.32 Å². The predicted octanol–water partition coefficient (Wildman–Crippen LogP) is 1.20. The van der Waals surface area contributed by atoms with Gasteiger partial charge >= 0.3 is 0 Å². The van der Waals surface area contributed by atoms with Crippen LogP contribution in [0.5, 0.6) is 0 Å². The van der Waals surface area contributed by atoms with Gasteiger partial charge in [0.25, 0.3) is 0 Å². The maximum absolute atomic E-state index is 3.52. The van der Waals surface area contributed by atoms with E-state index in [1.165, 1.54) is 24.9 Å². The number of hydrogen-bond acceptors (Lipinski definition) is 2. The molecule has 0 saturated carbocycles. The summed E-state index contributed by atoms with van der Waals surface area (Å²) in [4.78, 5) is 5.47. The van der Waals surface area contributed by atoms with Crippen LogP contribution >= 0.6 is 0 Å². The third kappa shape index (κ3) is 2.59. The molecule has 0 aliphatic carbocycles. The van der Waals surface area contributed by atoms with Crippen LogP contribution in [0, 0.1) is 0 Å². The molecule has 0 amide bonds. The molecule has 1 saturated heterocycles. The molecule has 1 fully saturated rings. The molecule has 0 aromatic carbocycles. The van der Waals surface area contributed by atoms with Gasteiger partial charge in [-0.25, -0.2) is 0 Å². The summed E-state index contributed by atoms with van der Waals surface area (Å²) in [7, 11) is 2.19. The summed E-state index contributed by atoms with van der Waals surface area (Å²) in [6, 6.07) is 2.84. The number of likely N-dealkylation sites (N-methyl/N-ethyl adjacent to an activating group) is 1. The molecule has 1 aromatic heterocycles. The molecule has 78 valence electrons. The number of aromatic amines is 1.